The van der Waals surface area contributed by atoms with Gasteiger partial charge in [-0.1, -0.05) is 58.5 Å². The summed E-state index contributed by atoms with van der Waals surface area (Å²) < 4.78 is 1.56. The van der Waals surface area contributed by atoms with Gasteiger partial charge in [-0.3, -0.25) is 14.5 Å². The Hall–Kier alpha value is -1.55. The van der Waals surface area contributed by atoms with Gasteiger partial charge in [-0.25, -0.2) is 4.98 Å². The Balaban J connectivity index is 1.42. The molecule has 0 radical (unpaired) electrons. The summed E-state index contributed by atoms with van der Waals surface area (Å²) in [5.41, 5.74) is 0.959. The number of aromatic nitrogens is 1. The molecule has 1 fully saturated rings. The molecule has 5 nitrogen and oxygen atoms in total. The van der Waals surface area contributed by atoms with Crippen molar-refractivity contribution in [3.05, 3.63) is 50.8 Å². The van der Waals surface area contributed by atoms with E-state index in [1.54, 1.807) is 11.1 Å². The molecule has 1 aromatic heterocycles. The summed E-state index contributed by atoms with van der Waals surface area (Å²) in [6.45, 7) is 0.578. The van der Waals surface area contributed by atoms with Crippen molar-refractivity contribution >= 4 is 78.6 Å². The zero-order valence-electron chi connectivity index (χ0n) is 14.9. The van der Waals surface area contributed by atoms with Gasteiger partial charge in [-0.2, -0.15) is 0 Å². The number of anilines is 1. The van der Waals surface area contributed by atoms with Crippen LogP contribution in [0.4, 0.5) is 5.13 Å². The van der Waals surface area contributed by atoms with Crippen LogP contribution in [0.25, 0.3) is 6.08 Å². The first-order valence-corrected chi connectivity index (χ1v) is 11.6. The summed E-state index contributed by atoms with van der Waals surface area (Å²) >= 11 is 11.5. The minimum Gasteiger partial charge on any atom is -0.302 e. The van der Waals surface area contributed by atoms with Crippen LogP contribution in [0.5, 0.6) is 0 Å². The van der Waals surface area contributed by atoms with Gasteiger partial charge < -0.3 is 5.32 Å². The van der Waals surface area contributed by atoms with Crippen molar-refractivity contribution in [1.82, 2.24) is 9.88 Å². The normalized spacial score (nSPS) is 15.5. The predicted molar refractivity (Wildman–Crippen MR) is 123 cm³/mol. The maximum Gasteiger partial charge on any atom is 0.266 e. The summed E-state index contributed by atoms with van der Waals surface area (Å²) in [7, 11) is 0. The van der Waals surface area contributed by atoms with Crippen molar-refractivity contribution in [3.63, 3.8) is 0 Å². The van der Waals surface area contributed by atoms with E-state index in [1.807, 2.05) is 35.7 Å². The highest BCUT2D eigenvalue weighted by molar-refractivity contribution is 9.10. The lowest BCUT2D eigenvalue weighted by Gasteiger charge is -2.14. The first-order chi connectivity index (χ1) is 13.5. The van der Waals surface area contributed by atoms with Crippen LogP contribution in [0.1, 0.15) is 31.2 Å². The highest BCUT2D eigenvalue weighted by Crippen LogP contribution is 2.33. The van der Waals surface area contributed by atoms with Crippen LogP contribution in [-0.4, -0.2) is 32.6 Å². The van der Waals surface area contributed by atoms with Crippen molar-refractivity contribution in [2.75, 3.05) is 11.9 Å². The van der Waals surface area contributed by atoms with Crippen molar-refractivity contribution in [3.8, 4) is 0 Å². The number of unbranched alkanes of at least 4 members (excludes halogenated alkanes) is 2. The number of rotatable bonds is 8. The second kappa shape index (κ2) is 10.3. The van der Waals surface area contributed by atoms with E-state index in [0.29, 0.717) is 27.3 Å². The van der Waals surface area contributed by atoms with E-state index in [4.69, 9.17) is 12.2 Å². The molecule has 0 bridgehead atoms. The van der Waals surface area contributed by atoms with Crippen molar-refractivity contribution < 1.29 is 9.59 Å². The van der Waals surface area contributed by atoms with Crippen LogP contribution in [0, 0.1) is 0 Å². The number of nitrogens with one attached hydrogen (secondary N) is 1. The zero-order chi connectivity index (χ0) is 19.9. The van der Waals surface area contributed by atoms with E-state index in [9.17, 15) is 9.59 Å². The molecule has 1 aliphatic heterocycles. The fraction of sp³-hybridized carbons (Fsp3) is 0.263. The summed E-state index contributed by atoms with van der Waals surface area (Å²) in [4.78, 5) is 30.8. The van der Waals surface area contributed by atoms with Gasteiger partial charge in [0.25, 0.3) is 5.91 Å². The number of benzene rings is 1. The molecule has 1 aliphatic rings. The molecule has 3 rings (SSSR count). The number of thiazole rings is 1. The lowest BCUT2D eigenvalue weighted by molar-refractivity contribution is -0.122. The summed E-state index contributed by atoms with van der Waals surface area (Å²) in [5.74, 6) is -0.0750. The van der Waals surface area contributed by atoms with Crippen LogP contribution in [-0.2, 0) is 9.59 Å². The molecule has 0 saturated carbocycles. The largest absolute Gasteiger partial charge is 0.302 e. The average molecular weight is 496 g/mol. The Morgan fingerprint density at radius 3 is 2.93 bits per heavy atom. The van der Waals surface area contributed by atoms with Gasteiger partial charge in [0.05, 0.1) is 4.91 Å². The molecule has 2 aromatic rings. The summed E-state index contributed by atoms with van der Waals surface area (Å²) in [5, 5.41) is 5.22. The second-order valence-corrected chi connectivity index (χ2v) is 9.57. The molecule has 1 N–H and O–H groups in total. The minimum atomic E-state index is -0.0449. The third-order valence-electron chi connectivity index (χ3n) is 3.98. The molecule has 0 aliphatic carbocycles. The number of hydrogen-bond donors (Lipinski definition) is 1. The molecule has 0 atom stereocenters. The smallest absolute Gasteiger partial charge is 0.266 e. The Bertz CT molecular complexity index is 900. The van der Waals surface area contributed by atoms with Crippen LogP contribution < -0.4 is 5.32 Å². The van der Waals surface area contributed by atoms with E-state index in [-0.39, 0.29) is 11.8 Å². The van der Waals surface area contributed by atoms with Crippen LogP contribution >= 0.6 is 51.2 Å². The highest BCUT2D eigenvalue weighted by atomic mass is 79.9. The van der Waals surface area contributed by atoms with Gasteiger partial charge in [0.2, 0.25) is 5.91 Å². The third-order valence-corrected chi connectivity index (χ3v) is 6.54. The van der Waals surface area contributed by atoms with Gasteiger partial charge in [0, 0.05) is 29.0 Å². The van der Waals surface area contributed by atoms with Crippen LogP contribution in [0.3, 0.4) is 0 Å². The average Bonchev–Trinajstić information content (AvgIpc) is 3.24. The van der Waals surface area contributed by atoms with Crippen molar-refractivity contribution in [2.45, 2.75) is 25.7 Å². The number of amides is 2. The summed E-state index contributed by atoms with van der Waals surface area (Å²) in [6.07, 6.45) is 6.40. The number of hydrogen-bond acceptors (Lipinski definition) is 6. The fourth-order valence-electron chi connectivity index (χ4n) is 2.64. The lowest BCUT2D eigenvalue weighted by Crippen LogP contribution is -2.29. The van der Waals surface area contributed by atoms with Crippen molar-refractivity contribution in [1.29, 1.82) is 0 Å². The first-order valence-electron chi connectivity index (χ1n) is 8.73. The third kappa shape index (κ3) is 5.97. The van der Waals surface area contributed by atoms with E-state index in [0.717, 1.165) is 29.3 Å². The van der Waals surface area contributed by atoms with Gasteiger partial charge in [0.1, 0.15) is 4.32 Å². The quantitative estimate of drug-likeness (QED) is 0.305. The number of thiocarbonyl (C=S) groups is 1. The first kappa shape index (κ1) is 21.2. The molecular formula is C19H18BrN3O2S3. The number of halogens is 1. The molecule has 2 heterocycles. The van der Waals surface area contributed by atoms with Gasteiger partial charge in [-0.15, -0.1) is 11.3 Å². The molecule has 1 aromatic carbocycles. The standard InChI is InChI=1S/C19H18BrN3O2S3/c20-14-6-4-5-13(11-14)12-15-17(25)23(19(26)28-15)9-3-1-2-7-16(24)22-18-21-8-10-27-18/h4-6,8,10-12H,1-3,7,9H2,(H,21,22,24)/b15-12-. The predicted octanol–water partition coefficient (Wildman–Crippen LogP) is 5.31. The Morgan fingerprint density at radius 1 is 1.32 bits per heavy atom. The number of carbonyl (C=O) groups is 2. The Kier molecular flexibility index (Phi) is 7.78. The van der Waals surface area contributed by atoms with Gasteiger partial charge in [-0.05, 0) is 36.6 Å². The zero-order valence-corrected chi connectivity index (χ0v) is 18.9. The highest BCUT2D eigenvalue weighted by Gasteiger charge is 2.31. The molecule has 9 heteroatoms. The lowest BCUT2D eigenvalue weighted by atomic mass is 10.2. The van der Waals surface area contributed by atoms with Crippen LogP contribution in [0.2, 0.25) is 0 Å². The number of thioether (sulfide) groups is 1. The minimum absolute atomic E-state index is 0.0301. The maximum atomic E-state index is 12.6. The van der Waals surface area contributed by atoms with Crippen LogP contribution in [0.15, 0.2) is 45.2 Å². The molecule has 28 heavy (non-hydrogen) atoms. The van der Waals surface area contributed by atoms with E-state index >= 15 is 0 Å². The monoisotopic (exact) mass is 495 g/mol. The SMILES string of the molecule is O=C(CCCCCN1C(=O)/C(=C/c2cccc(Br)c2)SC1=S)Nc1nccs1. The summed E-state index contributed by atoms with van der Waals surface area (Å²) in [6, 6.07) is 7.79. The topological polar surface area (TPSA) is 62.3 Å². The van der Waals surface area contributed by atoms with Crippen molar-refractivity contribution in [2.24, 2.45) is 0 Å². The molecular weight excluding hydrogens is 478 g/mol. The number of nitrogens with zero attached hydrogens (tertiary/aromatic N) is 2. The maximum absolute atomic E-state index is 12.6. The molecule has 1 saturated heterocycles. The van der Waals surface area contributed by atoms with Gasteiger partial charge in [0.15, 0.2) is 5.13 Å². The fourth-order valence-corrected chi connectivity index (χ4v) is 4.91. The molecule has 0 spiro atoms. The van der Waals surface area contributed by atoms with E-state index in [1.165, 1.54) is 23.1 Å². The molecule has 146 valence electrons. The Morgan fingerprint density at radius 2 is 2.18 bits per heavy atom. The molecule has 2 amide bonds. The van der Waals surface area contributed by atoms with Gasteiger partial charge >= 0.3 is 0 Å². The van der Waals surface area contributed by atoms with E-state index in [2.05, 4.69) is 26.2 Å². The Labute approximate surface area is 185 Å². The second-order valence-electron chi connectivity index (χ2n) is 6.08. The molecule has 0 unspecified atom stereocenters. The number of carbonyl (C=O) groups excluding carboxylic acids is 2. The van der Waals surface area contributed by atoms with E-state index < -0.39 is 0 Å².